The van der Waals surface area contributed by atoms with E-state index in [1.165, 1.54) is 0 Å². The molecule has 4 heterocycles. The second-order valence-corrected chi connectivity index (χ2v) is 7.09. The van der Waals surface area contributed by atoms with Crippen molar-refractivity contribution in [3.63, 3.8) is 0 Å². The molecule has 4 rings (SSSR count). The highest BCUT2D eigenvalue weighted by molar-refractivity contribution is 5.96. The molecule has 0 aromatic carbocycles. The third kappa shape index (κ3) is 2.44. The highest BCUT2D eigenvalue weighted by Gasteiger charge is 2.50. The van der Waals surface area contributed by atoms with Gasteiger partial charge in [-0.3, -0.25) is 9.59 Å². The van der Waals surface area contributed by atoms with Gasteiger partial charge in [-0.15, -0.1) is 0 Å². The molecule has 3 aliphatic heterocycles. The normalized spacial score (nSPS) is 30.1. The van der Waals surface area contributed by atoms with Crippen LogP contribution in [-0.2, 0) is 9.53 Å². The Kier molecular flexibility index (Phi) is 3.87. The molecular weight excluding hydrogens is 308 g/mol. The lowest BCUT2D eigenvalue weighted by Gasteiger charge is -2.34. The van der Waals surface area contributed by atoms with Crippen LogP contribution >= 0.6 is 0 Å². The van der Waals surface area contributed by atoms with Crippen molar-refractivity contribution in [1.29, 1.82) is 0 Å². The number of likely N-dealkylation sites (tertiary alicyclic amines) is 2. The lowest BCUT2D eigenvalue weighted by atomic mass is 10.00. The van der Waals surface area contributed by atoms with E-state index in [1.807, 2.05) is 29.7 Å². The minimum Gasteiger partial charge on any atom is -0.466 e. The number of carbonyl (C=O) groups excluding carboxylic acids is 2. The van der Waals surface area contributed by atoms with Crippen molar-refractivity contribution in [2.45, 2.75) is 57.7 Å². The van der Waals surface area contributed by atoms with Crippen LogP contribution in [0, 0.1) is 13.8 Å². The quantitative estimate of drug-likeness (QED) is 0.830. The maximum Gasteiger partial charge on any atom is 0.257 e. The van der Waals surface area contributed by atoms with E-state index in [-0.39, 0.29) is 30.0 Å². The van der Waals surface area contributed by atoms with Crippen LogP contribution in [0.15, 0.2) is 10.5 Å². The summed E-state index contributed by atoms with van der Waals surface area (Å²) >= 11 is 0. The molecule has 3 saturated heterocycles. The summed E-state index contributed by atoms with van der Waals surface area (Å²) in [5.41, 5.74) is 0.630. The third-order valence-corrected chi connectivity index (χ3v) is 5.54. The van der Waals surface area contributed by atoms with Gasteiger partial charge < -0.3 is 19.0 Å². The Hall–Kier alpha value is -1.82. The molecule has 0 spiro atoms. The summed E-state index contributed by atoms with van der Waals surface area (Å²) in [5.74, 6) is 1.60. The maximum atomic E-state index is 13.1. The number of nitrogens with zero attached hydrogens (tertiary/aromatic N) is 2. The Morgan fingerprint density at radius 1 is 1.25 bits per heavy atom. The molecule has 2 amide bonds. The predicted molar refractivity (Wildman–Crippen MR) is 86.7 cm³/mol. The van der Waals surface area contributed by atoms with E-state index in [4.69, 9.17) is 9.15 Å². The summed E-state index contributed by atoms with van der Waals surface area (Å²) in [4.78, 5) is 29.1. The molecule has 0 bridgehead atoms. The number of aryl methyl sites for hydroxylation is 2. The van der Waals surface area contributed by atoms with Gasteiger partial charge in [0.25, 0.3) is 5.91 Å². The molecule has 0 saturated carbocycles. The molecule has 3 aliphatic rings. The first-order valence-corrected chi connectivity index (χ1v) is 8.85. The van der Waals surface area contributed by atoms with Crippen molar-refractivity contribution >= 4 is 11.8 Å². The van der Waals surface area contributed by atoms with Crippen molar-refractivity contribution in [3.05, 3.63) is 23.2 Å². The highest BCUT2D eigenvalue weighted by Crippen LogP contribution is 2.35. The van der Waals surface area contributed by atoms with Gasteiger partial charge in [0.1, 0.15) is 11.5 Å². The zero-order valence-electron chi connectivity index (χ0n) is 14.3. The van der Waals surface area contributed by atoms with E-state index in [1.54, 1.807) is 0 Å². The van der Waals surface area contributed by atoms with Crippen LogP contribution in [-0.4, -0.2) is 59.5 Å². The van der Waals surface area contributed by atoms with E-state index in [2.05, 4.69) is 0 Å². The number of furan rings is 1. The van der Waals surface area contributed by atoms with E-state index in [9.17, 15) is 9.59 Å². The summed E-state index contributed by atoms with van der Waals surface area (Å²) in [7, 11) is 0. The van der Waals surface area contributed by atoms with Crippen molar-refractivity contribution < 1.29 is 18.7 Å². The van der Waals surface area contributed by atoms with Gasteiger partial charge in [-0.1, -0.05) is 0 Å². The minimum atomic E-state index is -0.0574. The van der Waals surface area contributed by atoms with E-state index in [0.29, 0.717) is 30.9 Å². The van der Waals surface area contributed by atoms with Gasteiger partial charge in [0.05, 0.1) is 23.8 Å². The first kappa shape index (κ1) is 15.7. The molecule has 3 fully saturated rings. The van der Waals surface area contributed by atoms with Gasteiger partial charge in [0.2, 0.25) is 5.91 Å². The number of amides is 2. The highest BCUT2D eigenvalue weighted by atomic mass is 16.5. The van der Waals surface area contributed by atoms with Crippen molar-refractivity contribution in [3.8, 4) is 0 Å². The second-order valence-electron chi connectivity index (χ2n) is 7.09. The van der Waals surface area contributed by atoms with Crippen LogP contribution < -0.4 is 0 Å². The summed E-state index contributed by atoms with van der Waals surface area (Å²) < 4.78 is 11.5. The summed E-state index contributed by atoms with van der Waals surface area (Å²) in [6.45, 7) is 5.73. The molecule has 6 nitrogen and oxygen atoms in total. The Morgan fingerprint density at radius 3 is 2.75 bits per heavy atom. The van der Waals surface area contributed by atoms with Crippen LogP contribution in [0.1, 0.15) is 47.6 Å². The maximum absolute atomic E-state index is 13.1. The number of carbonyl (C=O) groups is 2. The molecule has 3 atom stereocenters. The average molecular weight is 332 g/mol. The fourth-order valence-electron chi connectivity index (χ4n) is 4.46. The first-order chi connectivity index (χ1) is 11.6. The predicted octanol–water partition coefficient (Wildman–Crippen LogP) is 1.89. The first-order valence-electron chi connectivity index (χ1n) is 8.85. The molecule has 24 heavy (non-hydrogen) atoms. The molecule has 0 radical (unpaired) electrons. The lowest BCUT2D eigenvalue weighted by Crippen LogP contribution is -2.48. The van der Waals surface area contributed by atoms with E-state index >= 15 is 0 Å². The number of fused-ring (bicyclic) bond motifs is 1. The fraction of sp³-hybridized carbons (Fsp3) is 0.667. The number of hydrogen-bond acceptors (Lipinski definition) is 4. The molecule has 1 aromatic rings. The standard InChI is InChI=1S/C18H24N2O4/c1-11-9-13(12(2)24-11)18(22)20-10-15(19-7-3-6-16(19)21)17-14(20)5-4-8-23-17/h9,14-15,17H,3-8,10H2,1-2H3/t14-,15-,17+/m0/s1. The van der Waals surface area contributed by atoms with E-state index in [0.717, 1.165) is 31.6 Å². The Morgan fingerprint density at radius 2 is 2.08 bits per heavy atom. The van der Waals surface area contributed by atoms with Crippen LogP contribution in [0.2, 0.25) is 0 Å². The Bertz CT molecular complexity index is 668. The lowest BCUT2D eigenvalue weighted by molar-refractivity contribution is -0.132. The monoisotopic (exact) mass is 332 g/mol. The summed E-state index contributed by atoms with van der Waals surface area (Å²) in [6, 6.07) is 1.85. The van der Waals surface area contributed by atoms with Crippen molar-refractivity contribution in [1.82, 2.24) is 9.80 Å². The Balaban J connectivity index is 1.62. The van der Waals surface area contributed by atoms with Crippen LogP contribution in [0.25, 0.3) is 0 Å². The van der Waals surface area contributed by atoms with Crippen LogP contribution in [0.4, 0.5) is 0 Å². The number of hydrogen-bond donors (Lipinski definition) is 0. The van der Waals surface area contributed by atoms with Gasteiger partial charge in [-0.2, -0.15) is 0 Å². The zero-order valence-corrected chi connectivity index (χ0v) is 14.3. The molecule has 1 aromatic heterocycles. The van der Waals surface area contributed by atoms with Crippen molar-refractivity contribution in [2.24, 2.45) is 0 Å². The van der Waals surface area contributed by atoms with Gasteiger partial charge in [0.15, 0.2) is 0 Å². The van der Waals surface area contributed by atoms with Crippen molar-refractivity contribution in [2.75, 3.05) is 19.7 Å². The van der Waals surface area contributed by atoms with Gasteiger partial charge in [-0.25, -0.2) is 0 Å². The smallest absolute Gasteiger partial charge is 0.257 e. The third-order valence-electron chi connectivity index (χ3n) is 5.54. The van der Waals surface area contributed by atoms with Crippen LogP contribution in [0.3, 0.4) is 0 Å². The van der Waals surface area contributed by atoms with E-state index < -0.39 is 0 Å². The van der Waals surface area contributed by atoms with Gasteiger partial charge in [0, 0.05) is 26.1 Å². The van der Waals surface area contributed by atoms with Gasteiger partial charge in [-0.05, 0) is 39.2 Å². The molecule has 0 aliphatic carbocycles. The molecule has 0 N–H and O–H groups in total. The molecular formula is C18H24N2O4. The Labute approximate surface area is 141 Å². The SMILES string of the molecule is Cc1cc(C(=O)N2C[C@H](N3CCCC3=O)[C@@H]3OCCC[C@@H]32)c(C)o1. The fourth-order valence-corrected chi connectivity index (χ4v) is 4.46. The minimum absolute atomic E-state index is 0.000930. The van der Waals surface area contributed by atoms with Crippen LogP contribution in [0.5, 0.6) is 0 Å². The molecule has 130 valence electrons. The topological polar surface area (TPSA) is 63.0 Å². The largest absolute Gasteiger partial charge is 0.466 e. The second kappa shape index (κ2) is 5.92. The summed E-state index contributed by atoms with van der Waals surface area (Å²) in [6.07, 6.45) is 3.35. The van der Waals surface area contributed by atoms with Gasteiger partial charge >= 0.3 is 0 Å². The summed E-state index contributed by atoms with van der Waals surface area (Å²) in [5, 5.41) is 0. The average Bonchev–Trinajstić information content (AvgIpc) is 3.23. The number of ether oxygens (including phenoxy) is 1. The number of rotatable bonds is 2. The molecule has 6 heteroatoms. The zero-order chi connectivity index (χ0) is 16.8. The molecule has 0 unspecified atom stereocenters.